The molecule has 0 aliphatic rings. The monoisotopic (exact) mass is 274 g/mol. The summed E-state index contributed by atoms with van der Waals surface area (Å²) < 4.78 is 7.17. The molecule has 1 aromatic carbocycles. The summed E-state index contributed by atoms with van der Waals surface area (Å²) in [7, 11) is 3.54. The Kier molecular flexibility index (Phi) is 4.45. The summed E-state index contributed by atoms with van der Waals surface area (Å²) in [6.07, 6.45) is 0.839. The summed E-state index contributed by atoms with van der Waals surface area (Å²) in [5, 5.41) is 14.9. The molecule has 0 spiro atoms. The number of ether oxygens (including phenoxy) is 1. The molecule has 1 unspecified atom stereocenters. The van der Waals surface area contributed by atoms with Crippen LogP contribution in [0.1, 0.15) is 35.5 Å². The zero-order valence-electron chi connectivity index (χ0n) is 12.6. The highest BCUT2D eigenvalue weighted by atomic mass is 16.5. The second-order valence-electron chi connectivity index (χ2n) is 5.07. The van der Waals surface area contributed by atoms with Crippen LogP contribution < -0.4 is 4.74 Å². The maximum atomic E-state index is 10.5. The van der Waals surface area contributed by atoms with Crippen molar-refractivity contribution in [1.29, 1.82) is 0 Å². The number of hydrogen-bond donors (Lipinski definition) is 1. The van der Waals surface area contributed by atoms with E-state index < -0.39 is 6.10 Å². The van der Waals surface area contributed by atoms with Crippen molar-refractivity contribution in [2.24, 2.45) is 7.05 Å². The van der Waals surface area contributed by atoms with Crippen molar-refractivity contribution in [2.45, 2.75) is 32.8 Å². The summed E-state index contributed by atoms with van der Waals surface area (Å²) in [6.45, 7) is 4.08. The van der Waals surface area contributed by atoms with Gasteiger partial charge >= 0.3 is 0 Å². The van der Waals surface area contributed by atoms with Gasteiger partial charge in [-0.15, -0.1) is 0 Å². The molecular formula is C16H22N2O2. The van der Waals surface area contributed by atoms with E-state index in [1.54, 1.807) is 7.11 Å². The SMILES string of the molecule is CCc1cc(CC(O)c2cc(C)ccc2OC)n(C)n1. The number of methoxy groups -OCH3 is 1. The third-order valence-electron chi connectivity index (χ3n) is 3.54. The number of aryl methyl sites for hydroxylation is 3. The second kappa shape index (κ2) is 6.09. The fourth-order valence-corrected chi connectivity index (χ4v) is 2.36. The third kappa shape index (κ3) is 3.02. The number of aliphatic hydroxyl groups is 1. The van der Waals surface area contributed by atoms with E-state index in [0.717, 1.165) is 34.7 Å². The van der Waals surface area contributed by atoms with Crippen LogP contribution in [0.15, 0.2) is 24.3 Å². The van der Waals surface area contributed by atoms with Gasteiger partial charge in [-0.05, 0) is 31.5 Å². The summed E-state index contributed by atoms with van der Waals surface area (Å²) in [5.74, 6) is 0.723. The molecule has 1 heterocycles. The lowest BCUT2D eigenvalue weighted by Crippen LogP contribution is -2.08. The highest BCUT2D eigenvalue weighted by molar-refractivity contribution is 5.39. The van der Waals surface area contributed by atoms with Crippen LogP contribution in [0.3, 0.4) is 0 Å². The summed E-state index contributed by atoms with van der Waals surface area (Å²) >= 11 is 0. The Morgan fingerprint density at radius 3 is 2.70 bits per heavy atom. The molecular weight excluding hydrogens is 252 g/mol. The zero-order valence-corrected chi connectivity index (χ0v) is 12.6. The average molecular weight is 274 g/mol. The number of benzene rings is 1. The predicted molar refractivity (Wildman–Crippen MR) is 79.0 cm³/mol. The van der Waals surface area contributed by atoms with E-state index in [0.29, 0.717) is 6.42 Å². The average Bonchev–Trinajstić information content (AvgIpc) is 2.79. The molecule has 0 saturated heterocycles. The van der Waals surface area contributed by atoms with Crippen LogP contribution in [0.2, 0.25) is 0 Å². The minimum absolute atomic E-state index is 0.531. The maximum Gasteiger partial charge on any atom is 0.124 e. The van der Waals surface area contributed by atoms with Gasteiger partial charge in [0.05, 0.1) is 18.9 Å². The molecule has 2 aromatic rings. The van der Waals surface area contributed by atoms with Crippen LogP contribution in [0.5, 0.6) is 5.75 Å². The van der Waals surface area contributed by atoms with Crippen molar-refractivity contribution in [3.63, 3.8) is 0 Å². The van der Waals surface area contributed by atoms with E-state index in [9.17, 15) is 5.11 Å². The third-order valence-corrected chi connectivity index (χ3v) is 3.54. The van der Waals surface area contributed by atoms with E-state index in [1.165, 1.54) is 0 Å². The number of rotatable bonds is 5. The fraction of sp³-hybridized carbons (Fsp3) is 0.438. The van der Waals surface area contributed by atoms with Crippen LogP contribution in [0, 0.1) is 6.92 Å². The molecule has 108 valence electrons. The first kappa shape index (κ1) is 14.6. The quantitative estimate of drug-likeness (QED) is 0.911. The van der Waals surface area contributed by atoms with Crippen molar-refractivity contribution < 1.29 is 9.84 Å². The van der Waals surface area contributed by atoms with Crippen LogP contribution in [-0.4, -0.2) is 22.0 Å². The lowest BCUT2D eigenvalue weighted by Gasteiger charge is -2.15. The minimum Gasteiger partial charge on any atom is -0.496 e. The molecule has 0 bridgehead atoms. The zero-order chi connectivity index (χ0) is 14.7. The number of hydrogen-bond acceptors (Lipinski definition) is 3. The first-order valence-corrected chi connectivity index (χ1v) is 6.89. The van der Waals surface area contributed by atoms with Crippen LogP contribution in [0.4, 0.5) is 0 Å². The van der Waals surface area contributed by atoms with E-state index >= 15 is 0 Å². The van der Waals surface area contributed by atoms with Crippen molar-refractivity contribution in [3.05, 3.63) is 46.8 Å². The Labute approximate surface area is 120 Å². The molecule has 1 atom stereocenters. The van der Waals surface area contributed by atoms with Gasteiger partial charge in [0.15, 0.2) is 0 Å². The lowest BCUT2D eigenvalue weighted by atomic mass is 10.0. The Balaban J connectivity index is 2.25. The topological polar surface area (TPSA) is 47.3 Å². The first-order valence-electron chi connectivity index (χ1n) is 6.89. The lowest BCUT2D eigenvalue weighted by molar-refractivity contribution is 0.171. The van der Waals surface area contributed by atoms with Crippen molar-refractivity contribution in [2.75, 3.05) is 7.11 Å². The van der Waals surface area contributed by atoms with Crippen LogP contribution >= 0.6 is 0 Å². The maximum absolute atomic E-state index is 10.5. The summed E-state index contributed by atoms with van der Waals surface area (Å²) in [4.78, 5) is 0. The van der Waals surface area contributed by atoms with Gasteiger partial charge in [-0.25, -0.2) is 0 Å². The van der Waals surface area contributed by atoms with Gasteiger partial charge in [-0.3, -0.25) is 4.68 Å². The van der Waals surface area contributed by atoms with Gasteiger partial charge in [0, 0.05) is 24.7 Å². The number of nitrogens with zero attached hydrogens (tertiary/aromatic N) is 2. The van der Waals surface area contributed by atoms with Crippen molar-refractivity contribution in [3.8, 4) is 5.75 Å². The molecule has 0 radical (unpaired) electrons. The largest absolute Gasteiger partial charge is 0.496 e. The smallest absolute Gasteiger partial charge is 0.124 e. The number of aliphatic hydroxyl groups excluding tert-OH is 1. The van der Waals surface area contributed by atoms with E-state index in [1.807, 2.05) is 42.9 Å². The molecule has 0 amide bonds. The van der Waals surface area contributed by atoms with Gasteiger partial charge in [0.2, 0.25) is 0 Å². The van der Waals surface area contributed by atoms with Gasteiger partial charge < -0.3 is 9.84 Å². The van der Waals surface area contributed by atoms with Crippen molar-refractivity contribution >= 4 is 0 Å². The fourth-order valence-electron chi connectivity index (χ4n) is 2.36. The van der Waals surface area contributed by atoms with Gasteiger partial charge in [-0.1, -0.05) is 18.6 Å². The van der Waals surface area contributed by atoms with Crippen LogP contribution in [-0.2, 0) is 19.9 Å². The van der Waals surface area contributed by atoms with Crippen molar-refractivity contribution in [1.82, 2.24) is 9.78 Å². The molecule has 4 heteroatoms. The molecule has 0 aliphatic carbocycles. The summed E-state index contributed by atoms with van der Waals surface area (Å²) in [5.41, 5.74) is 4.01. The molecule has 1 N–H and O–H groups in total. The molecule has 0 fully saturated rings. The highest BCUT2D eigenvalue weighted by Crippen LogP contribution is 2.28. The molecule has 4 nitrogen and oxygen atoms in total. The molecule has 0 saturated carbocycles. The van der Waals surface area contributed by atoms with Crippen LogP contribution in [0.25, 0.3) is 0 Å². The standard InChI is InChI=1S/C16H22N2O2/c1-5-12-9-13(18(3)17-12)10-15(19)14-8-11(2)6-7-16(14)20-4/h6-9,15,19H,5,10H2,1-4H3. The van der Waals surface area contributed by atoms with Gasteiger partial charge in [-0.2, -0.15) is 5.10 Å². The Morgan fingerprint density at radius 1 is 1.35 bits per heavy atom. The molecule has 0 aliphatic heterocycles. The predicted octanol–water partition coefficient (Wildman–Crippen LogP) is 2.58. The Morgan fingerprint density at radius 2 is 2.10 bits per heavy atom. The first-order chi connectivity index (χ1) is 9.55. The number of aromatic nitrogens is 2. The van der Waals surface area contributed by atoms with E-state index in [2.05, 4.69) is 12.0 Å². The minimum atomic E-state index is -0.593. The summed E-state index contributed by atoms with van der Waals surface area (Å²) in [6, 6.07) is 7.90. The molecule has 2 rings (SSSR count). The Hall–Kier alpha value is -1.81. The second-order valence-corrected chi connectivity index (χ2v) is 5.07. The molecule has 1 aromatic heterocycles. The van der Waals surface area contributed by atoms with E-state index in [-0.39, 0.29) is 0 Å². The molecule has 20 heavy (non-hydrogen) atoms. The van der Waals surface area contributed by atoms with Gasteiger partial charge in [0.25, 0.3) is 0 Å². The normalized spacial score (nSPS) is 12.4. The van der Waals surface area contributed by atoms with Gasteiger partial charge in [0.1, 0.15) is 5.75 Å². The van der Waals surface area contributed by atoms with E-state index in [4.69, 9.17) is 4.74 Å². The Bertz CT molecular complexity index is 590. The highest BCUT2D eigenvalue weighted by Gasteiger charge is 2.16.